The average Bonchev–Trinajstić information content (AvgIpc) is 2.87. The van der Waals surface area contributed by atoms with Gasteiger partial charge in [-0.05, 0) is 18.1 Å². The first-order valence-electron chi connectivity index (χ1n) is 6.22. The molecule has 106 valence electrons. The maximum Gasteiger partial charge on any atom is 0.311 e. The highest BCUT2D eigenvalue weighted by molar-refractivity contribution is 5.50. The van der Waals surface area contributed by atoms with Crippen LogP contribution in [0.3, 0.4) is 0 Å². The maximum absolute atomic E-state index is 11.0. The van der Waals surface area contributed by atoms with E-state index in [1.807, 2.05) is 6.92 Å². The van der Waals surface area contributed by atoms with Crippen molar-refractivity contribution in [3.8, 4) is 11.5 Å². The molecule has 0 saturated carbocycles. The van der Waals surface area contributed by atoms with Crippen molar-refractivity contribution < 1.29 is 14.8 Å². The molecule has 7 heteroatoms. The summed E-state index contributed by atoms with van der Waals surface area (Å²) < 4.78 is 7.20. The van der Waals surface area contributed by atoms with Crippen LogP contribution in [-0.4, -0.2) is 19.8 Å². The number of hydrogen-bond acceptors (Lipinski definition) is 5. The molecular weight excluding hydrogens is 262 g/mol. The van der Waals surface area contributed by atoms with Gasteiger partial charge in [0.15, 0.2) is 5.75 Å². The van der Waals surface area contributed by atoms with E-state index >= 15 is 0 Å². The standard InChI is InChI=1S/C13H15N3O4/c1-2-5-15-8-11(7-14-15)20-13-4-3-10(9-17)6-12(13)16(18)19/h3-4,6-8,17H,2,5,9H2,1H3. The van der Waals surface area contributed by atoms with Gasteiger partial charge in [-0.3, -0.25) is 14.8 Å². The number of benzene rings is 1. The Kier molecular flexibility index (Phi) is 4.31. The molecule has 1 aromatic carbocycles. The average molecular weight is 277 g/mol. The molecule has 1 N–H and O–H groups in total. The highest BCUT2D eigenvalue weighted by Crippen LogP contribution is 2.32. The number of aryl methyl sites for hydroxylation is 1. The summed E-state index contributed by atoms with van der Waals surface area (Å²) in [5.74, 6) is 0.571. The van der Waals surface area contributed by atoms with Crippen molar-refractivity contribution in [1.29, 1.82) is 0 Å². The van der Waals surface area contributed by atoms with Crippen LogP contribution in [0.4, 0.5) is 5.69 Å². The van der Waals surface area contributed by atoms with Gasteiger partial charge in [-0.2, -0.15) is 5.10 Å². The largest absolute Gasteiger partial charge is 0.447 e. The Morgan fingerprint density at radius 1 is 1.50 bits per heavy atom. The Morgan fingerprint density at radius 3 is 2.95 bits per heavy atom. The van der Waals surface area contributed by atoms with Gasteiger partial charge in [0, 0.05) is 12.6 Å². The second kappa shape index (κ2) is 6.16. The number of nitro groups is 1. The van der Waals surface area contributed by atoms with Crippen LogP contribution in [0.5, 0.6) is 11.5 Å². The van der Waals surface area contributed by atoms with Crippen molar-refractivity contribution >= 4 is 5.69 Å². The Hall–Kier alpha value is -2.41. The van der Waals surface area contributed by atoms with Crippen molar-refractivity contribution in [2.75, 3.05) is 0 Å². The molecule has 0 amide bonds. The lowest BCUT2D eigenvalue weighted by molar-refractivity contribution is -0.385. The monoisotopic (exact) mass is 277 g/mol. The Bertz CT molecular complexity index is 609. The molecule has 2 rings (SSSR count). The molecule has 0 aliphatic rings. The van der Waals surface area contributed by atoms with E-state index in [0.29, 0.717) is 11.3 Å². The molecule has 0 aliphatic carbocycles. The molecule has 1 heterocycles. The number of nitrogens with zero attached hydrogens (tertiary/aromatic N) is 3. The molecule has 7 nitrogen and oxygen atoms in total. The molecular formula is C13H15N3O4. The summed E-state index contributed by atoms with van der Waals surface area (Å²) in [6.45, 7) is 2.53. The number of rotatable bonds is 6. The Balaban J connectivity index is 2.25. The van der Waals surface area contributed by atoms with E-state index in [1.54, 1.807) is 16.9 Å². The number of aromatic nitrogens is 2. The predicted molar refractivity (Wildman–Crippen MR) is 71.6 cm³/mol. The number of aliphatic hydroxyl groups is 1. The lowest BCUT2D eigenvalue weighted by atomic mass is 10.2. The molecule has 0 saturated heterocycles. The normalized spacial score (nSPS) is 10.5. The third-order valence-corrected chi connectivity index (χ3v) is 2.69. The quantitative estimate of drug-likeness (QED) is 0.647. The van der Waals surface area contributed by atoms with Crippen molar-refractivity contribution in [3.63, 3.8) is 0 Å². The van der Waals surface area contributed by atoms with Crippen LogP contribution in [-0.2, 0) is 13.2 Å². The van der Waals surface area contributed by atoms with E-state index in [0.717, 1.165) is 13.0 Å². The van der Waals surface area contributed by atoms with Crippen molar-refractivity contribution in [3.05, 3.63) is 46.3 Å². The summed E-state index contributed by atoms with van der Waals surface area (Å²) >= 11 is 0. The third kappa shape index (κ3) is 3.12. The fourth-order valence-electron chi connectivity index (χ4n) is 1.77. The minimum atomic E-state index is -0.537. The number of aliphatic hydroxyl groups excluding tert-OH is 1. The van der Waals surface area contributed by atoms with Crippen molar-refractivity contribution in [2.45, 2.75) is 26.5 Å². The molecule has 0 radical (unpaired) electrons. The topological polar surface area (TPSA) is 90.4 Å². The Labute approximate surface area is 115 Å². The van der Waals surface area contributed by atoms with Gasteiger partial charge >= 0.3 is 5.69 Å². The SMILES string of the molecule is CCCn1cc(Oc2ccc(CO)cc2[N+](=O)[O-])cn1. The fraction of sp³-hybridized carbons (Fsp3) is 0.308. The summed E-state index contributed by atoms with van der Waals surface area (Å²) in [6.07, 6.45) is 4.14. The summed E-state index contributed by atoms with van der Waals surface area (Å²) in [4.78, 5) is 10.5. The number of hydrogen-bond donors (Lipinski definition) is 1. The zero-order valence-electron chi connectivity index (χ0n) is 11.0. The van der Waals surface area contributed by atoms with E-state index in [2.05, 4.69) is 5.10 Å². The molecule has 20 heavy (non-hydrogen) atoms. The van der Waals surface area contributed by atoms with E-state index in [-0.39, 0.29) is 18.0 Å². The predicted octanol–water partition coefficient (Wildman–Crippen LogP) is 2.49. The second-order valence-corrected chi connectivity index (χ2v) is 4.26. The molecule has 2 aromatic rings. The van der Waals surface area contributed by atoms with Gasteiger partial charge in [-0.15, -0.1) is 0 Å². The smallest absolute Gasteiger partial charge is 0.311 e. The van der Waals surface area contributed by atoms with Gasteiger partial charge in [-0.1, -0.05) is 13.0 Å². The third-order valence-electron chi connectivity index (χ3n) is 2.69. The van der Waals surface area contributed by atoms with Crippen LogP contribution >= 0.6 is 0 Å². The summed E-state index contributed by atoms with van der Waals surface area (Å²) in [6, 6.07) is 4.35. The van der Waals surface area contributed by atoms with Crippen LogP contribution in [0.1, 0.15) is 18.9 Å². The fourth-order valence-corrected chi connectivity index (χ4v) is 1.77. The van der Waals surface area contributed by atoms with Crippen LogP contribution < -0.4 is 4.74 Å². The highest BCUT2D eigenvalue weighted by atomic mass is 16.6. The van der Waals surface area contributed by atoms with E-state index < -0.39 is 4.92 Å². The summed E-state index contributed by atoms with van der Waals surface area (Å²) in [5, 5.41) is 24.1. The Morgan fingerprint density at radius 2 is 2.30 bits per heavy atom. The van der Waals surface area contributed by atoms with E-state index in [9.17, 15) is 10.1 Å². The van der Waals surface area contributed by atoms with Gasteiger partial charge in [-0.25, -0.2) is 0 Å². The molecule has 0 bridgehead atoms. The van der Waals surface area contributed by atoms with Gasteiger partial charge in [0.2, 0.25) is 5.75 Å². The minimum absolute atomic E-state index is 0.128. The van der Waals surface area contributed by atoms with Crippen LogP contribution in [0.2, 0.25) is 0 Å². The van der Waals surface area contributed by atoms with Crippen LogP contribution in [0, 0.1) is 10.1 Å². The minimum Gasteiger partial charge on any atom is -0.447 e. The molecule has 0 atom stereocenters. The lowest BCUT2D eigenvalue weighted by Crippen LogP contribution is -1.96. The van der Waals surface area contributed by atoms with Gasteiger partial charge in [0.1, 0.15) is 0 Å². The first kappa shape index (κ1) is 14.0. The molecule has 1 aromatic heterocycles. The lowest BCUT2D eigenvalue weighted by Gasteiger charge is -2.05. The summed E-state index contributed by atoms with van der Waals surface area (Å²) in [7, 11) is 0. The molecule has 0 fully saturated rings. The zero-order chi connectivity index (χ0) is 14.5. The van der Waals surface area contributed by atoms with E-state index in [1.165, 1.54) is 18.3 Å². The highest BCUT2D eigenvalue weighted by Gasteiger charge is 2.17. The molecule has 0 spiro atoms. The van der Waals surface area contributed by atoms with Crippen LogP contribution in [0.25, 0.3) is 0 Å². The molecule has 0 unspecified atom stereocenters. The maximum atomic E-state index is 11.0. The summed E-state index contributed by atoms with van der Waals surface area (Å²) in [5.41, 5.74) is 0.283. The van der Waals surface area contributed by atoms with Gasteiger partial charge < -0.3 is 9.84 Å². The van der Waals surface area contributed by atoms with Gasteiger partial charge in [0.25, 0.3) is 0 Å². The zero-order valence-corrected chi connectivity index (χ0v) is 11.0. The van der Waals surface area contributed by atoms with Crippen molar-refractivity contribution in [1.82, 2.24) is 9.78 Å². The number of ether oxygens (including phenoxy) is 1. The number of nitro benzene ring substituents is 1. The van der Waals surface area contributed by atoms with Crippen molar-refractivity contribution in [2.24, 2.45) is 0 Å². The second-order valence-electron chi connectivity index (χ2n) is 4.26. The molecule has 0 aliphatic heterocycles. The van der Waals surface area contributed by atoms with Gasteiger partial charge in [0.05, 0.1) is 23.9 Å². The van der Waals surface area contributed by atoms with Crippen LogP contribution in [0.15, 0.2) is 30.6 Å². The van der Waals surface area contributed by atoms with E-state index in [4.69, 9.17) is 9.84 Å². The first-order chi connectivity index (χ1) is 9.63. The first-order valence-corrected chi connectivity index (χ1v) is 6.22.